The first kappa shape index (κ1) is 11.8. The molecule has 0 N–H and O–H groups in total. The van der Waals surface area contributed by atoms with E-state index >= 15 is 0 Å². The summed E-state index contributed by atoms with van der Waals surface area (Å²) in [4.78, 5) is 14.7. The second kappa shape index (κ2) is 3.69. The molecule has 1 amide bonds. The minimum atomic E-state index is -0.398. The first-order valence-electron chi connectivity index (χ1n) is 5.79. The van der Waals surface area contributed by atoms with Gasteiger partial charge in [-0.2, -0.15) is 0 Å². The molecule has 1 saturated carbocycles. The standard InChI is InChI=1S/C12H19NO2S/c1-11(2,3)15-10(14)13-7-12(8-13)5-4-9(16)6-12/h4-8H2,1-3H3. The van der Waals surface area contributed by atoms with Gasteiger partial charge in [0.25, 0.3) is 0 Å². The molecule has 0 aromatic rings. The maximum atomic E-state index is 11.7. The zero-order valence-electron chi connectivity index (χ0n) is 10.2. The number of nitrogens with zero attached hydrogens (tertiary/aromatic N) is 1. The zero-order valence-corrected chi connectivity index (χ0v) is 11.0. The molecule has 1 aliphatic heterocycles. The summed E-state index contributed by atoms with van der Waals surface area (Å²) in [6, 6.07) is 0. The van der Waals surface area contributed by atoms with Crippen molar-refractivity contribution in [2.24, 2.45) is 5.41 Å². The normalized spacial score (nSPS) is 23.4. The molecule has 0 aromatic carbocycles. The Labute approximate surface area is 102 Å². The largest absolute Gasteiger partial charge is 0.444 e. The van der Waals surface area contributed by atoms with Crippen LogP contribution >= 0.6 is 12.2 Å². The molecule has 0 aromatic heterocycles. The lowest BCUT2D eigenvalue weighted by Crippen LogP contribution is -2.58. The van der Waals surface area contributed by atoms with Crippen molar-refractivity contribution >= 4 is 23.2 Å². The highest BCUT2D eigenvalue weighted by atomic mass is 32.1. The van der Waals surface area contributed by atoms with Crippen LogP contribution in [0.15, 0.2) is 0 Å². The van der Waals surface area contributed by atoms with Crippen LogP contribution in [0.2, 0.25) is 0 Å². The van der Waals surface area contributed by atoms with E-state index in [2.05, 4.69) is 0 Å². The summed E-state index contributed by atoms with van der Waals surface area (Å²) in [6.45, 7) is 7.32. The van der Waals surface area contributed by atoms with Crippen LogP contribution in [0.4, 0.5) is 4.79 Å². The third-order valence-corrected chi connectivity index (χ3v) is 3.56. The molecule has 0 unspecified atom stereocenters. The van der Waals surface area contributed by atoms with Gasteiger partial charge in [-0.05, 0) is 44.9 Å². The van der Waals surface area contributed by atoms with Gasteiger partial charge in [0.05, 0.1) is 0 Å². The van der Waals surface area contributed by atoms with Crippen LogP contribution < -0.4 is 0 Å². The minimum Gasteiger partial charge on any atom is -0.444 e. The predicted octanol–water partition coefficient (Wildman–Crippen LogP) is 2.78. The van der Waals surface area contributed by atoms with Crippen molar-refractivity contribution in [1.29, 1.82) is 0 Å². The molecule has 0 radical (unpaired) electrons. The van der Waals surface area contributed by atoms with Gasteiger partial charge in [-0.15, -0.1) is 0 Å². The van der Waals surface area contributed by atoms with Crippen molar-refractivity contribution in [3.8, 4) is 0 Å². The van der Waals surface area contributed by atoms with Crippen molar-refractivity contribution in [3.05, 3.63) is 0 Å². The monoisotopic (exact) mass is 241 g/mol. The summed E-state index contributed by atoms with van der Waals surface area (Å²) in [5, 5.41) is 0. The van der Waals surface area contributed by atoms with Crippen LogP contribution in [0.1, 0.15) is 40.0 Å². The van der Waals surface area contributed by atoms with Gasteiger partial charge in [-0.1, -0.05) is 12.2 Å². The average molecular weight is 241 g/mol. The van der Waals surface area contributed by atoms with E-state index in [-0.39, 0.29) is 6.09 Å². The molecule has 16 heavy (non-hydrogen) atoms. The molecule has 1 heterocycles. The van der Waals surface area contributed by atoms with E-state index in [1.54, 1.807) is 4.90 Å². The topological polar surface area (TPSA) is 29.5 Å². The number of ether oxygens (including phenoxy) is 1. The molecule has 1 spiro atoms. The molecule has 3 nitrogen and oxygen atoms in total. The second-order valence-corrected chi connectivity index (χ2v) is 6.63. The van der Waals surface area contributed by atoms with E-state index in [9.17, 15) is 4.79 Å². The van der Waals surface area contributed by atoms with E-state index in [4.69, 9.17) is 17.0 Å². The summed E-state index contributed by atoms with van der Waals surface area (Å²) in [5.41, 5.74) is -0.0984. The van der Waals surface area contributed by atoms with Gasteiger partial charge in [-0.3, -0.25) is 0 Å². The number of hydrogen-bond acceptors (Lipinski definition) is 3. The van der Waals surface area contributed by atoms with Crippen LogP contribution in [0.3, 0.4) is 0 Å². The fourth-order valence-corrected chi connectivity index (χ4v) is 2.90. The molecular weight excluding hydrogens is 222 g/mol. The lowest BCUT2D eigenvalue weighted by atomic mass is 9.78. The third kappa shape index (κ3) is 2.37. The van der Waals surface area contributed by atoms with Gasteiger partial charge in [0.15, 0.2) is 0 Å². The fraction of sp³-hybridized carbons (Fsp3) is 0.833. The lowest BCUT2D eigenvalue weighted by Gasteiger charge is -2.47. The smallest absolute Gasteiger partial charge is 0.410 e. The molecule has 0 bridgehead atoms. The number of likely N-dealkylation sites (tertiary alicyclic amines) is 1. The highest BCUT2D eigenvalue weighted by Gasteiger charge is 2.49. The van der Waals surface area contributed by atoms with Gasteiger partial charge >= 0.3 is 6.09 Å². The third-order valence-electron chi connectivity index (χ3n) is 3.21. The predicted molar refractivity (Wildman–Crippen MR) is 66.7 cm³/mol. The molecule has 1 aliphatic carbocycles. The first-order valence-corrected chi connectivity index (χ1v) is 6.20. The Morgan fingerprint density at radius 2 is 2.06 bits per heavy atom. The van der Waals surface area contributed by atoms with E-state index in [0.717, 1.165) is 32.4 Å². The van der Waals surface area contributed by atoms with Crippen molar-refractivity contribution in [1.82, 2.24) is 4.90 Å². The number of carbonyl (C=O) groups is 1. The van der Waals surface area contributed by atoms with Crippen LogP contribution in [0.25, 0.3) is 0 Å². The summed E-state index contributed by atoms with van der Waals surface area (Å²) in [6.07, 6.45) is 3.03. The Balaban J connectivity index is 1.84. The number of thiocarbonyl (C=S) groups is 1. The maximum Gasteiger partial charge on any atom is 0.410 e. The maximum absolute atomic E-state index is 11.7. The summed E-state index contributed by atoms with van der Waals surface area (Å²) >= 11 is 5.23. The SMILES string of the molecule is CC(C)(C)OC(=O)N1CC2(CCC(=S)C2)C1. The Bertz CT molecular complexity index is 326. The molecule has 2 aliphatic rings. The zero-order chi connectivity index (χ0) is 12.0. The molecular formula is C12H19NO2S. The van der Waals surface area contributed by atoms with E-state index < -0.39 is 5.60 Å². The Hall–Kier alpha value is -0.640. The van der Waals surface area contributed by atoms with Crippen molar-refractivity contribution in [2.45, 2.75) is 45.6 Å². The van der Waals surface area contributed by atoms with Gasteiger partial charge < -0.3 is 9.64 Å². The number of rotatable bonds is 0. The summed E-state index contributed by atoms with van der Waals surface area (Å²) < 4.78 is 5.33. The number of hydrogen-bond donors (Lipinski definition) is 0. The van der Waals surface area contributed by atoms with Crippen LogP contribution in [-0.4, -0.2) is 34.5 Å². The van der Waals surface area contributed by atoms with Gasteiger partial charge in [0.2, 0.25) is 0 Å². The molecule has 90 valence electrons. The van der Waals surface area contributed by atoms with Crippen LogP contribution in [-0.2, 0) is 4.74 Å². The fourth-order valence-electron chi connectivity index (χ4n) is 2.49. The second-order valence-electron chi connectivity index (χ2n) is 6.05. The minimum absolute atomic E-state index is 0.184. The van der Waals surface area contributed by atoms with E-state index in [1.807, 2.05) is 20.8 Å². The Kier molecular flexibility index (Phi) is 2.73. The molecule has 1 saturated heterocycles. The van der Waals surface area contributed by atoms with Crippen molar-refractivity contribution in [2.75, 3.05) is 13.1 Å². The van der Waals surface area contributed by atoms with Gasteiger partial charge in [0, 0.05) is 18.5 Å². The molecule has 2 rings (SSSR count). The van der Waals surface area contributed by atoms with E-state index in [0.29, 0.717) is 5.41 Å². The molecule has 4 heteroatoms. The Morgan fingerprint density at radius 1 is 1.44 bits per heavy atom. The van der Waals surface area contributed by atoms with Crippen molar-refractivity contribution < 1.29 is 9.53 Å². The summed E-state index contributed by atoms with van der Waals surface area (Å²) in [5.74, 6) is 0. The van der Waals surface area contributed by atoms with Gasteiger partial charge in [0.1, 0.15) is 5.60 Å². The highest BCUT2D eigenvalue weighted by molar-refractivity contribution is 7.80. The average Bonchev–Trinajstić information content (AvgIpc) is 2.41. The molecule has 2 fully saturated rings. The van der Waals surface area contributed by atoms with Gasteiger partial charge in [-0.25, -0.2) is 4.79 Å². The van der Waals surface area contributed by atoms with Crippen LogP contribution in [0.5, 0.6) is 0 Å². The lowest BCUT2D eigenvalue weighted by molar-refractivity contribution is -0.0301. The van der Waals surface area contributed by atoms with Crippen molar-refractivity contribution in [3.63, 3.8) is 0 Å². The number of carbonyl (C=O) groups excluding carboxylic acids is 1. The quantitative estimate of drug-likeness (QED) is 0.611. The highest BCUT2D eigenvalue weighted by Crippen LogP contribution is 2.44. The number of amides is 1. The van der Waals surface area contributed by atoms with Crippen LogP contribution in [0, 0.1) is 5.41 Å². The Morgan fingerprint density at radius 3 is 2.50 bits per heavy atom. The van der Waals surface area contributed by atoms with E-state index in [1.165, 1.54) is 4.86 Å². The molecule has 0 atom stereocenters. The first-order chi connectivity index (χ1) is 7.30. The summed E-state index contributed by atoms with van der Waals surface area (Å²) in [7, 11) is 0.